The third-order valence-corrected chi connectivity index (χ3v) is 5.92. The minimum absolute atomic E-state index is 0.204. The summed E-state index contributed by atoms with van der Waals surface area (Å²) in [6.45, 7) is 2.51. The summed E-state index contributed by atoms with van der Waals surface area (Å²) in [6.07, 6.45) is 2.21. The van der Waals surface area contributed by atoms with Crippen LogP contribution in [0.15, 0.2) is 51.0 Å². The highest BCUT2D eigenvalue weighted by molar-refractivity contribution is 7.11. The first-order chi connectivity index (χ1) is 14.0. The van der Waals surface area contributed by atoms with Crippen molar-refractivity contribution >= 4 is 40.5 Å². The van der Waals surface area contributed by atoms with E-state index in [1.807, 2.05) is 10.3 Å². The molecule has 2 aromatic rings. The molecule has 1 saturated heterocycles. The second-order valence-corrected chi connectivity index (χ2v) is 7.79. The van der Waals surface area contributed by atoms with Gasteiger partial charge in [0.15, 0.2) is 10.8 Å². The Morgan fingerprint density at radius 1 is 1.48 bits per heavy atom. The summed E-state index contributed by atoms with van der Waals surface area (Å²) in [5.74, 6) is -0.267. The van der Waals surface area contributed by atoms with Crippen LogP contribution in [0.5, 0.6) is 0 Å². The average molecular weight is 433 g/mol. The molecule has 0 aliphatic carbocycles. The van der Waals surface area contributed by atoms with Crippen molar-refractivity contribution in [2.45, 2.75) is 19.4 Å². The number of hydrogen-bond donors (Lipinski definition) is 0. The van der Waals surface area contributed by atoms with Crippen LogP contribution < -0.4 is 0 Å². The molecule has 9 heteroatoms. The number of thiazole rings is 1. The van der Waals surface area contributed by atoms with E-state index in [0.717, 1.165) is 16.4 Å². The number of halogens is 2. The van der Waals surface area contributed by atoms with Crippen LogP contribution in [0.2, 0.25) is 5.02 Å². The molecule has 150 valence electrons. The van der Waals surface area contributed by atoms with Crippen molar-refractivity contribution in [3.63, 3.8) is 0 Å². The van der Waals surface area contributed by atoms with E-state index in [1.54, 1.807) is 26.2 Å². The standard InChI is InChI=1S/C20H18ClFN4O2S/c1-3-28-20(27)16-15-9-12(23-2)10-26(15)18(19-24-6-7-29-19)25-17(16)13-5-4-11(22)8-14(13)21/h4-8,17H,3,9-10H2,1-2H3/b23-12-/t17-/m0/s1. The minimum atomic E-state index is -0.719. The van der Waals surface area contributed by atoms with Crippen molar-refractivity contribution in [1.29, 1.82) is 0 Å². The van der Waals surface area contributed by atoms with E-state index in [9.17, 15) is 9.18 Å². The van der Waals surface area contributed by atoms with Gasteiger partial charge in [0.2, 0.25) is 0 Å². The maximum absolute atomic E-state index is 13.6. The van der Waals surface area contributed by atoms with Crippen molar-refractivity contribution in [1.82, 2.24) is 9.88 Å². The number of carbonyl (C=O) groups is 1. The molecule has 29 heavy (non-hydrogen) atoms. The molecule has 0 radical (unpaired) electrons. The fraction of sp³-hybridized carbons (Fsp3) is 0.300. The Morgan fingerprint density at radius 2 is 2.31 bits per heavy atom. The first-order valence-electron chi connectivity index (χ1n) is 9.08. The van der Waals surface area contributed by atoms with Crippen LogP contribution in [0.4, 0.5) is 4.39 Å². The van der Waals surface area contributed by atoms with Gasteiger partial charge in [-0.25, -0.2) is 14.2 Å². The van der Waals surface area contributed by atoms with Crippen LogP contribution in [0.25, 0.3) is 0 Å². The maximum atomic E-state index is 13.6. The van der Waals surface area contributed by atoms with Crippen LogP contribution in [0, 0.1) is 5.82 Å². The van der Waals surface area contributed by atoms with Gasteiger partial charge < -0.3 is 9.64 Å². The Bertz CT molecular complexity index is 1050. The molecule has 1 fully saturated rings. The SMILES string of the molecule is CCOC(=O)C1=C2C/C(=N/C)CN2C(c2nccs2)=N[C@H]1c1ccc(F)cc1Cl. The molecule has 0 saturated carbocycles. The predicted molar refractivity (Wildman–Crippen MR) is 111 cm³/mol. The Balaban J connectivity index is 1.93. The lowest BCUT2D eigenvalue weighted by Crippen LogP contribution is -2.35. The van der Waals surface area contributed by atoms with Gasteiger partial charge in [0.1, 0.15) is 11.9 Å². The second kappa shape index (κ2) is 8.04. The summed E-state index contributed by atoms with van der Waals surface area (Å²) in [5, 5.41) is 2.80. The molecule has 2 aliphatic rings. The molecule has 2 aliphatic heterocycles. The molecule has 3 heterocycles. The van der Waals surface area contributed by atoms with Gasteiger partial charge in [-0.05, 0) is 19.1 Å². The monoisotopic (exact) mass is 432 g/mol. The highest BCUT2D eigenvalue weighted by atomic mass is 35.5. The van der Waals surface area contributed by atoms with Crippen LogP contribution in [0.1, 0.15) is 30.0 Å². The minimum Gasteiger partial charge on any atom is -0.463 e. The van der Waals surface area contributed by atoms with Gasteiger partial charge in [0.05, 0.1) is 18.7 Å². The van der Waals surface area contributed by atoms with Gasteiger partial charge >= 0.3 is 5.97 Å². The highest BCUT2D eigenvalue weighted by Gasteiger charge is 2.41. The molecular formula is C20H18ClFN4O2S. The number of nitrogens with zero attached hydrogens (tertiary/aromatic N) is 4. The quantitative estimate of drug-likeness (QED) is 0.684. The Morgan fingerprint density at radius 3 is 2.97 bits per heavy atom. The van der Waals surface area contributed by atoms with Gasteiger partial charge in [-0.2, -0.15) is 0 Å². The topological polar surface area (TPSA) is 67.2 Å². The normalized spacial score (nSPS) is 20.1. The molecule has 0 unspecified atom stereocenters. The smallest absolute Gasteiger partial charge is 0.338 e. The number of esters is 1. The Hall–Kier alpha value is -2.58. The van der Waals surface area contributed by atoms with Gasteiger partial charge in [0.25, 0.3) is 0 Å². The lowest BCUT2D eigenvalue weighted by Gasteiger charge is -2.31. The molecule has 6 nitrogen and oxygen atoms in total. The van der Waals surface area contributed by atoms with Crippen molar-refractivity contribution < 1.29 is 13.9 Å². The number of amidine groups is 1. The number of fused-ring (bicyclic) bond motifs is 1. The number of benzene rings is 1. The van der Waals surface area contributed by atoms with Crippen LogP contribution in [-0.2, 0) is 9.53 Å². The van der Waals surface area contributed by atoms with Crippen molar-refractivity contribution in [3.8, 4) is 0 Å². The van der Waals surface area contributed by atoms with Crippen molar-refractivity contribution in [2.75, 3.05) is 20.2 Å². The zero-order valence-electron chi connectivity index (χ0n) is 15.9. The molecular weight excluding hydrogens is 415 g/mol. The molecule has 0 amide bonds. The van der Waals surface area contributed by atoms with E-state index in [0.29, 0.717) is 29.9 Å². The fourth-order valence-corrected chi connectivity index (χ4v) is 4.43. The summed E-state index contributed by atoms with van der Waals surface area (Å²) in [4.78, 5) is 28.5. The van der Waals surface area contributed by atoms with E-state index in [-0.39, 0.29) is 11.6 Å². The summed E-state index contributed by atoms with van der Waals surface area (Å²) < 4.78 is 19.0. The molecule has 0 bridgehead atoms. The van der Waals surface area contributed by atoms with Gasteiger partial charge in [-0.3, -0.25) is 9.98 Å². The number of hydrogen-bond acceptors (Lipinski definition) is 7. The highest BCUT2D eigenvalue weighted by Crippen LogP contribution is 2.42. The van der Waals surface area contributed by atoms with Crippen LogP contribution >= 0.6 is 22.9 Å². The molecule has 1 atom stereocenters. The molecule has 1 aromatic carbocycles. The van der Waals surface area contributed by atoms with E-state index in [4.69, 9.17) is 21.3 Å². The molecule has 0 N–H and O–H groups in total. The summed E-state index contributed by atoms with van der Waals surface area (Å²) >= 11 is 7.80. The number of carbonyl (C=O) groups excluding carboxylic acids is 1. The number of aliphatic imine (C=N–C) groups is 2. The maximum Gasteiger partial charge on any atom is 0.338 e. The van der Waals surface area contributed by atoms with Gasteiger partial charge in [-0.1, -0.05) is 17.7 Å². The van der Waals surface area contributed by atoms with Crippen molar-refractivity contribution in [3.05, 3.63) is 62.5 Å². The molecule has 1 aromatic heterocycles. The first kappa shape index (κ1) is 19.7. The van der Waals surface area contributed by atoms with E-state index >= 15 is 0 Å². The molecule has 0 spiro atoms. The Kier molecular flexibility index (Phi) is 5.47. The number of ether oxygens (including phenoxy) is 1. The summed E-state index contributed by atoms with van der Waals surface area (Å²) in [7, 11) is 1.73. The van der Waals surface area contributed by atoms with E-state index < -0.39 is 17.8 Å². The summed E-state index contributed by atoms with van der Waals surface area (Å²) in [6, 6.07) is 3.38. The first-order valence-corrected chi connectivity index (χ1v) is 10.3. The number of allylic oxidation sites excluding steroid dienone is 1. The Labute approximate surface area is 176 Å². The zero-order valence-corrected chi connectivity index (χ0v) is 17.4. The summed E-state index contributed by atoms with van der Waals surface area (Å²) in [5.41, 5.74) is 2.64. The van der Waals surface area contributed by atoms with E-state index in [1.165, 1.54) is 23.5 Å². The van der Waals surface area contributed by atoms with Crippen molar-refractivity contribution in [2.24, 2.45) is 9.98 Å². The lowest BCUT2D eigenvalue weighted by molar-refractivity contribution is -0.139. The third kappa shape index (κ3) is 3.58. The molecule has 4 rings (SSSR count). The predicted octanol–water partition coefficient (Wildman–Crippen LogP) is 4.03. The van der Waals surface area contributed by atoms with Crippen LogP contribution in [-0.4, -0.2) is 47.6 Å². The largest absolute Gasteiger partial charge is 0.463 e. The van der Waals surface area contributed by atoms with Gasteiger partial charge in [-0.15, -0.1) is 11.3 Å². The average Bonchev–Trinajstić information content (AvgIpc) is 3.37. The van der Waals surface area contributed by atoms with E-state index in [2.05, 4.69) is 9.98 Å². The zero-order chi connectivity index (χ0) is 20.5. The van der Waals surface area contributed by atoms with Crippen LogP contribution in [0.3, 0.4) is 0 Å². The van der Waals surface area contributed by atoms with Gasteiger partial charge in [0, 0.05) is 47.0 Å². The third-order valence-electron chi connectivity index (χ3n) is 4.82. The lowest BCUT2D eigenvalue weighted by atomic mass is 9.94. The number of aromatic nitrogens is 1. The second-order valence-electron chi connectivity index (χ2n) is 6.49. The number of rotatable bonds is 4. The fourth-order valence-electron chi connectivity index (χ4n) is 3.52.